The van der Waals surface area contributed by atoms with E-state index in [-0.39, 0.29) is 11.8 Å². The van der Waals surface area contributed by atoms with Crippen LogP contribution in [0.25, 0.3) is 10.9 Å². The first-order valence-corrected chi connectivity index (χ1v) is 7.96. The number of fused-ring (bicyclic) bond motifs is 2. The van der Waals surface area contributed by atoms with Gasteiger partial charge in [-0.3, -0.25) is 9.89 Å². The van der Waals surface area contributed by atoms with Crippen molar-refractivity contribution in [3.63, 3.8) is 0 Å². The summed E-state index contributed by atoms with van der Waals surface area (Å²) >= 11 is 0. The molecule has 2 aromatic rings. The molecule has 1 aliphatic heterocycles. The Bertz CT molecular complexity index is 738. The fraction of sp³-hybridized carbons (Fsp3) is 0.529. The minimum Gasteiger partial charge on any atom is -0.345 e. The van der Waals surface area contributed by atoms with Crippen LogP contribution in [0, 0.1) is 24.7 Å². The normalized spacial score (nSPS) is 27.0. The van der Waals surface area contributed by atoms with E-state index in [0.29, 0.717) is 11.8 Å². The van der Waals surface area contributed by atoms with Crippen LogP contribution in [0.4, 0.5) is 0 Å². The first-order chi connectivity index (χ1) is 10.5. The molecule has 1 aromatic carbocycles. The van der Waals surface area contributed by atoms with Crippen LogP contribution in [-0.2, 0) is 10.3 Å². The lowest BCUT2D eigenvalue weighted by atomic mass is 9.96. The van der Waals surface area contributed by atoms with Crippen molar-refractivity contribution >= 4 is 16.8 Å². The number of H-pyrrole nitrogens is 1. The van der Waals surface area contributed by atoms with E-state index in [4.69, 9.17) is 0 Å². The van der Waals surface area contributed by atoms with Crippen molar-refractivity contribution in [1.82, 2.24) is 20.8 Å². The zero-order valence-electron chi connectivity index (χ0n) is 13.2. The van der Waals surface area contributed by atoms with E-state index in [0.717, 1.165) is 29.7 Å². The van der Waals surface area contributed by atoms with Gasteiger partial charge in [-0.2, -0.15) is 5.10 Å². The molecule has 1 saturated carbocycles. The Balaban J connectivity index is 1.59. The van der Waals surface area contributed by atoms with Crippen LogP contribution in [0.1, 0.15) is 25.1 Å². The topological polar surface area (TPSA) is 69.8 Å². The quantitative estimate of drug-likeness (QED) is 0.807. The summed E-state index contributed by atoms with van der Waals surface area (Å²) in [7, 11) is 0. The SMILES string of the molecule is Cc1cccc2c(C(C)(C)NC(=O)[C@@H]3C4CNC[C@H]43)n[nH]c12. The molecule has 0 spiro atoms. The van der Waals surface area contributed by atoms with Gasteiger partial charge < -0.3 is 10.6 Å². The zero-order valence-corrected chi connectivity index (χ0v) is 13.2. The highest BCUT2D eigenvalue weighted by atomic mass is 16.2. The lowest BCUT2D eigenvalue weighted by molar-refractivity contribution is -0.124. The number of aromatic amines is 1. The number of aromatic nitrogens is 2. The Kier molecular flexibility index (Phi) is 2.85. The number of hydrogen-bond acceptors (Lipinski definition) is 3. The van der Waals surface area contributed by atoms with Gasteiger partial charge in [-0.25, -0.2) is 0 Å². The summed E-state index contributed by atoms with van der Waals surface area (Å²) in [5, 5.41) is 15.2. The minimum atomic E-state index is -0.479. The summed E-state index contributed by atoms with van der Waals surface area (Å²) in [6.07, 6.45) is 0. The molecule has 5 heteroatoms. The van der Waals surface area contributed by atoms with Gasteiger partial charge in [-0.05, 0) is 51.3 Å². The standard InChI is InChI=1S/C17H22N4O/c1-9-5-4-6-10-14(9)20-21-15(10)17(2,3)19-16(22)13-11-7-18-8-12(11)13/h4-6,11-13,18H,7-8H2,1-3H3,(H,19,22)(H,20,21)/t11-,12?,13+/m1/s1. The fourth-order valence-corrected chi connectivity index (χ4v) is 3.92. The lowest BCUT2D eigenvalue weighted by Gasteiger charge is -2.25. The van der Waals surface area contributed by atoms with E-state index in [1.807, 2.05) is 19.9 Å². The van der Waals surface area contributed by atoms with Crippen LogP contribution in [-0.4, -0.2) is 29.2 Å². The van der Waals surface area contributed by atoms with Crippen molar-refractivity contribution in [3.05, 3.63) is 29.5 Å². The molecule has 5 nitrogen and oxygen atoms in total. The number of piperidine rings is 1. The van der Waals surface area contributed by atoms with E-state index in [2.05, 4.69) is 39.9 Å². The lowest BCUT2D eigenvalue weighted by Crippen LogP contribution is -2.43. The smallest absolute Gasteiger partial charge is 0.224 e. The van der Waals surface area contributed by atoms with Crippen LogP contribution < -0.4 is 10.6 Å². The Labute approximate surface area is 129 Å². The van der Waals surface area contributed by atoms with Gasteiger partial charge in [0, 0.05) is 11.3 Å². The Morgan fingerprint density at radius 2 is 2.05 bits per heavy atom. The maximum atomic E-state index is 12.6. The molecule has 1 saturated heterocycles. The van der Waals surface area contributed by atoms with Gasteiger partial charge in [0.05, 0.1) is 16.7 Å². The molecule has 1 amide bonds. The summed E-state index contributed by atoms with van der Waals surface area (Å²) in [6, 6.07) is 6.16. The molecule has 2 aliphatic rings. The summed E-state index contributed by atoms with van der Waals surface area (Å²) < 4.78 is 0. The highest BCUT2D eigenvalue weighted by Crippen LogP contribution is 2.49. The highest BCUT2D eigenvalue weighted by Gasteiger charge is 2.57. The van der Waals surface area contributed by atoms with Gasteiger partial charge in [0.15, 0.2) is 0 Å². The van der Waals surface area contributed by atoms with Crippen LogP contribution in [0.2, 0.25) is 0 Å². The maximum Gasteiger partial charge on any atom is 0.224 e. The molecule has 0 radical (unpaired) electrons. The van der Waals surface area contributed by atoms with Crippen molar-refractivity contribution in [3.8, 4) is 0 Å². The number of nitrogens with zero attached hydrogens (tertiary/aromatic N) is 1. The first-order valence-electron chi connectivity index (χ1n) is 7.96. The number of hydrogen-bond donors (Lipinski definition) is 3. The molecule has 1 aromatic heterocycles. The molecule has 2 fully saturated rings. The Morgan fingerprint density at radius 1 is 1.32 bits per heavy atom. The Morgan fingerprint density at radius 3 is 2.77 bits per heavy atom. The van der Waals surface area contributed by atoms with E-state index in [1.54, 1.807) is 0 Å². The summed E-state index contributed by atoms with van der Waals surface area (Å²) in [6.45, 7) is 8.08. The third-order valence-corrected chi connectivity index (χ3v) is 5.23. The third kappa shape index (κ3) is 1.96. The van der Waals surface area contributed by atoms with E-state index in [9.17, 15) is 4.79 Å². The highest BCUT2D eigenvalue weighted by molar-refractivity contribution is 5.87. The second-order valence-corrected chi connectivity index (χ2v) is 7.20. The van der Waals surface area contributed by atoms with Gasteiger partial charge in [-0.1, -0.05) is 18.2 Å². The average Bonchev–Trinajstić information content (AvgIpc) is 2.85. The monoisotopic (exact) mass is 298 g/mol. The fourth-order valence-electron chi connectivity index (χ4n) is 3.92. The largest absolute Gasteiger partial charge is 0.345 e. The van der Waals surface area contributed by atoms with Gasteiger partial charge in [0.1, 0.15) is 0 Å². The van der Waals surface area contributed by atoms with Crippen molar-refractivity contribution in [1.29, 1.82) is 0 Å². The van der Waals surface area contributed by atoms with Crippen molar-refractivity contribution in [2.75, 3.05) is 13.1 Å². The summed E-state index contributed by atoms with van der Waals surface area (Å²) in [5.41, 5.74) is 2.64. The number of carbonyl (C=O) groups excluding carboxylic acids is 1. The summed E-state index contributed by atoms with van der Waals surface area (Å²) in [4.78, 5) is 12.6. The molecule has 116 valence electrons. The number of nitrogens with one attached hydrogen (secondary N) is 3. The average molecular weight is 298 g/mol. The maximum absolute atomic E-state index is 12.6. The number of para-hydroxylation sites is 1. The number of benzene rings is 1. The van der Waals surface area contributed by atoms with E-state index in [1.165, 1.54) is 5.56 Å². The molecule has 4 rings (SSSR count). The molecule has 3 N–H and O–H groups in total. The molecule has 1 aliphatic carbocycles. The number of aryl methyl sites for hydroxylation is 1. The van der Waals surface area contributed by atoms with E-state index >= 15 is 0 Å². The third-order valence-electron chi connectivity index (χ3n) is 5.23. The van der Waals surface area contributed by atoms with Gasteiger partial charge in [0.25, 0.3) is 0 Å². The molecular formula is C17H22N4O. The van der Waals surface area contributed by atoms with Crippen LogP contribution in [0.3, 0.4) is 0 Å². The van der Waals surface area contributed by atoms with Gasteiger partial charge in [0.2, 0.25) is 5.91 Å². The predicted molar refractivity (Wildman–Crippen MR) is 85.3 cm³/mol. The minimum absolute atomic E-state index is 0.172. The summed E-state index contributed by atoms with van der Waals surface area (Å²) in [5.74, 6) is 1.43. The molecule has 1 unspecified atom stereocenters. The molecular weight excluding hydrogens is 276 g/mol. The van der Waals surface area contributed by atoms with Gasteiger partial charge in [-0.15, -0.1) is 0 Å². The number of amides is 1. The number of rotatable bonds is 3. The molecule has 22 heavy (non-hydrogen) atoms. The van der Waals surface area contributed by atoms with Crippen molar-refractivity contribution in [2.24, 2.45) is 17.8 Å². The first kappa shape index (κ1) is 13.8. The molecule has 0 bridgehead atoms. The van der Waals surface area contributed by atoms with Crippen molar-refractivity contribution in [2.45, 2.75) is 26.3 Å². The van der Waals surface area contributed by atoms with Crippen LogP contribution in [0.5, 0.6) is 0 Å². The van der Waals surface area contributed by atoms with Crippen molar-refractivity contribution < 1.29 is 4.79 Å². The Hall–Kier alpha value is -1.88. The van der Waals surface area contributed by atoms with Crippen LogP contribution >= 0.6 is 0 Å². The molecule has 2 heterocycles. The number of carbonyl (C=O) groups is 1. The predicted octanol–water partition coefficient (Wildman–Crippen LogP) is 1.69. The molecule has 3 atom stereocenters. The van der Waals surface area contributed by atoms with E-state index < -0.39 is 5.54 Å². The zero-order chi connectivity index (χ0) is 15.5. The second kappa shape index (κ2) is 4.56. The van der Waals surface area contributed by atoms with Crippen LogP contribution in [0.15, 0.2) is 18.2 Å². The second-order valence-electron chi connectivity index (χ2n) is 7.20. The van der Waals surface area contributed by atoms with Gasteiger partial charge >= 0.3 is 0 Å².